The predicted molar refractivity (Wildman–Crippen MR) is 111 cm³/mol. The van der Waals surface area contributed by atoms with E-state index in [0.29, 0.717) is 24.0 Å². The number of nitrogens with zero attached hydrogens (tertiary/aromatic N) is 1. The van der Waals surface area contributed by atoms with Crippen molar-refractivity contribution in [1.82, 2.24) is 4.98 Å². The third-order valence-electron chi connectivity index (χ3n) is 4.60. The second-order valence-electron chi connectivity index (χ2n) is 6.98. The van der Waals surface area contributed by atoms with E-state index in [9.17, 15) is 21.6 Å². The number of sulfonamides is 1. The molecule has 31 heavy (non-hydrogen) atoms. The predicted octanol–water partition coefficient (Wildman–Crippen LogP) is 4.82. The van der Waals surface area contributed by atoms with Crippen molar-refractivity contribution >= 4 is 10.0 Å². The van der Waals surface area contributed by atoms with Crippen molar-refractivity contribution in [3.8, 4) is 16.9 Å². The van der Waals surface area contributed by atoms with E-state index in [1.54, 1.807) is 30.5 Å². The topological polar surface area (TPSA) is 82.3 Å². The van der Waals surface area contributed by atoms with Crippen LogP contribution in [0.1, 0.15) is 24.0 Å². The fraction of sp³-hybridized carbons (Fsp3) is 0.227. The first-order valence-corrected chi connectivity index (χ1v) is 11.0. The van der Waals surface area contributed by atoms with Gasteiger partial charge < -0.3 is 4.74 Å². The van der Waals surface area contributed by atoms with Crippen LogP contribution in [-0.4, -0.2) is 20.0 Å². The Hall–Kier alpha value is -2.91. The summed E-state index contributed by atoms with van der Waals surface area (Å²) >= 11 is 0. The summed E-state index contributed by atoms with van der Waals surface area (Å²) in [6.07, 6.45) is 1.53. The van der Waals surface area contributed by atoms with Gasteiger partial charge in [-0.15, -0.1) is 0 Å². The molecule has 0 radical (unpaired) electrons. The average molecular weight is 450 g/mol. The summed E-state index contributed by atoms with van der Waals surface area (Å²) in [6.45, 7) is 0.499. The van der Waals surface area contributed by atoms with E-state index >= 15 is 0 Å². The molecule has 164 valence electrons. The van der Waals surface area contributed by atoms with E-state index in [-0.39, 0.29) is 5.56 Å². The molecule has 0 amide bonds. The van der Waals surface area contributed by atoms with E-state index in [2.05, 4.69) is 4.98 Å². The van der Waals surface area contributed by atoms with Crippen molar-refractivity contribution in [3.05, 3.63) is 78.1 Å². The van der Waals surface area contributed by atoms with Gasteiger partial charge in [0.2, 0.25) is 10.0 Å². The van der Waals surface area contributed by atoms with Crippen LogP contribution >= 0.6 is 0 Å². The van der Waals surface area contributed by atoms with E-state index in [4.69, 9.17) is 9.88 Å². The maximum atomic E-state index is 13.2. The van der Waals surface area contributed by atoms with Crippen LogP contribution in [0.5, 0.6) is 5.75 Å². The lowest BCUT2D eigenvalue weighted by atomic mass is 10.0. The van der Waals surface area contributed by atoms with Crippen molar-refractivity contribution in [2.24, 2.45) is 5.14 Å². The van der Waals surface area contributed by atoms with Crippen molar-refractivity contribution in [2.45, 2.75) is 30.3 Å². The molecule has 3 aromatic rings. The van der Waals surface area contributed by atoms with Crippen LogP contribution in [0.2, 0.25) is 0 Å². The van der Waals surface area contributed by atoms with Crippen LogP contribution in [0, 0.1) is 0 Å². The molecule has 5 nitrogen and oxygen atoms in total. The number of aryl methyl sites for hydroxylation is 1. The molecule has 0 fully saturated rings. The zero-order chi connectivity index (χ0) is 22.5. The monoisotopic (exact) mass is 450 g/mol. The molecule has 0 bridgehead atoms. The molecule has 0 aliphatic carbocycles. The van der Waals surface area contributed by atoms with Crippen LogP contribution in [-0.2, 0) is 22.6 Å². The second kappa shape index (κ2) is 9.49. The largest absolute Gasteiger partial charge is 0.494 e. The summed E-state index contributed by atoms with van der Waals surface area (Å²) in [6, 6.07) is 12.9. The lowest BCUT2D eigenvalue weighted by molar-refractivity contribution is -0.137. The van der Waals surface area contributed by atoms with Gasteiger partial charge in [-0.05, 0) is 72.4 Å². The first-order chi connectivity index (χ1) is 14.6. The minimum Gasteiger partial charge on any atom is -0.494 e. The highest BCUT2D eigenvalue weighted by molar-refractivity contribution is 7.89. The van der Waals surface area contributed by atoms with Crippen LogP contribution in [0.4, 0.5) is 13.2 Å². The quantitative estimate of drug-likeness (QED) is 0.499. The van der Waals surface area contributed by atoms with E-state index in [1.165, 1.54) is 0 Å². The number of hydrogen-bond donors (Lipinski definition) is 1. The molecule has 2 aromatic carbocycles. The van der Waals surface area contributed by atoms with Gasteiger partial charge in [-0.25, -0.2) is 13.6 Å². The zero-order valence-corrected chi connectivity index (χ0v) is 17.3. The number of primary sulfonamides is 1. The number of unbranched alkanes of at least 4 members (excludes halogenated alkanes) is 1. The molecular formula is C22H21F3N2O3S. The molecule has 1 aromatic heterocycles. The maximum absolute atomic E-state index is 13.2. The van der Waals surface area contributed by atoms with Gasteiger partial charge in [0.1, 0.15) is 5.75 Å². The van der Waals surface area contributed by atoms with Gasteiger partial charge in [-0.1, -0.05) is 18.2 Å². The number of rotatable bonds is 8. The Labute approximate surface area is 178 Å². The van der Waals surface area contributed by atoms with Crippen molar-refractivity contribution in [2.75, 3.05) is 6.61 Å². The minimum atomic E-state index is -4.70. The Morgan fingerprint density at radius 3 is 2.32 bits per heavy atom. The minimum absolute atomic E-state index is 0.0990. The lowest BCUT2D eigenvalue weighted by Crippen LogP contribution is -2.14. The van der Waals surface area contributed by atoms with E-state index in [0.717, 1.165) is 37.0 Å². The fourth-order valence-electron chi connectivity index (χ4n) is 3.00. The summed E-state index contributed by atoms with van der Waals surface area (Å²) in [5, 5.41) is 5.04. The SMILES string of the molecule is NS(=O)(=O)c1cc(-c2ccc(OCCCCc3cccnc3)cc2)cc(C(F)(F)F)c1. The van der Waals surface area contributed by atoms with Crippen molar-refractivity contribution < 1.29 is 26.3 Å². The first kappa shape index (κ1) is 22.8. The highest BCUT2D eigenvalue weighted by Crippen LogP contribution is 2.34. The zero-order valence-electron chi connectivity index (χ0n) is 16.5. The smallest absolute Gasteiger partial charge is 0.416 e. The summed E-state index contributed by atoms with van der Waals surface area (Å²) in [5.41, 5.74) is 0.594. The molecule has 0 unspecified atom stereocenters. The van der Waals surface area contributed by atoms with Gasteiger partial charge in [0.05, 0.1) is 17.1 Å². The van der Waals surface area contributed by atoms with Crippen LogP contribution in [0.15, 0.2) is 71.9 Å². The number of pyridine rings is 1. The molecule has 0 aliphatic heterocycles. The number of aromatic nitrogens is 1. The summed E-state index contributed by atoms with van der Waals surface area (Å²) in [4.78, 5) is 3.48. The van der Waals surface area contributed by atoms with Crippen molar-refractivity contribution in [1.29, 1.82) is 0 Å². The Kier molecular flexibility index (Phi) is 6.97. The molecule has 1 heterocycles. The fourth-order valence-corrected chi connectivity index (χ4v) is 3.59. The molecule has 0 aliphatic rings. The average Bonchev–Trinajstić information content (AvgIpc) is 2.73. The molecule has 2 N–H and O–H groups in total. The van der Waals surface area contributed by atoms with Crippen LogP contribution in [0.25, 0.3) is 11.1 Å². The molecule has 0 atom stereocenters. The number of benzene rings is 2. The molecule has 3 rings (SSSR count). The highest BCUT2D eigenvalue weighted by atomic mass is 32.2. The molecule has 0 saturated carbocycles. The Morgan fingerprint density at radius 2 is 1.71 bits per heavy atom. The van der Waals surface area contributed by atoms with Crippen LogP contribution < -0.4 is 9.88 Å². The third-order valence-corrected chi connectivity index (χ3v) is 5.49. The van der Waals surface area contributed by atoms with Gasteiger partial charge in [-0.3, -0.25) is 4.98 Å². The Balaban J connectivity index is 1.65. The van der Waals surface area contributed by atoms with Crippen molar-refractivity contribution in [3.63, 3.8) is 0 Å². The molecular weight excluding hydrogens is 429 g/mol. The van der Waals surface area contributed by atoms with Crippen LogP contribution in [0.3, 0.4) is 0 Å². The molecule has 9 heteroatoms. The van der Waals surface area contributed by atoms with Gasteiger partial charge >= 0.3 is 6.18 Å². The van der Waals surface area contributed by atoms with E-state index in [1.807, 2.05) is 18.3 Å². The second-order valence-corrected chi connectivity index (χ2v) is 8.54. The van der Waals surface area contributed by atoms with Gasteiger partial charge in [0, 0.05) is 12.4 Å². The first-order valence-electron chi connectivity index (χ1n) is 9.50. The summed E-state index contributed by atoms with van der Waals surface area (Å²) < 4.78 is 68.4. The Bertz CT molecular complexity index is 1120. The summed E-state index contributed by atoms with van der Waals surface area (Å²) in [7, 11) is -4.29. The van der Waals surface area contributed by atoms with Gasteiger partial charge in [0.25, 0.3) is 0 Å². The third kappa shape index (κ3) is 6.53. The highest BCUT2D eigenvalue weighted by Gasteiger charge is 2.32. The standard InChI is InChI=1S/C22H21F3N2O3S/c23-22(24,25)19-12-18(13-21(14-19)31(26,28)29)17-6-8-20(9-7-17)30-11-2-1-4-16-5-3-10-27-15-16/h3,5-10,12-15H,1-2,4,11H2,(H2,26,28,29). The maximum Gasteiger partial charge on any atom is 0.416 e. The number of halogens is 3. The number of alkyl halides is 3. The summed E-state index contributed by atoms with van der Waals surface area (Å²) in [5.74, 6) is 0.573. The van der Waals surface area contributed by atoms with Gasteiger partial charge in [0.15, 0.2) is 0 Å². The van der Waals surface area contributed by atoms with E-state index < -0.39 is 26.7 Å². The number of ether oxygens (including phenoxy) is 1. The lowest BCUT2D eigenvalue weighted by Gasteiger charge is -2.12. The normalized spacial score (nSPS) is 12.0. The number of hydrogen-bond acceptors (Lipinski definition) is 4. The molecule has 0 spiro atoms. The molecule has 0 saturated heterocycles. The number of nitrogens with two attached hydrogens (primary N) is 1. The van der Waals surface area contributed by atoms with Gasteiger partial charge in [-0.2, -0.15) is 13.2 Å². The Morgan fingerprint density at radius 1 is 0.968 bits per heavy atom.